The van der Waals surface area contributed by atoms with Gasteiger partial charge in [-0.3, -0.25) is 4.98 Å². The number of amides is 2. The first-order valence-electron chi connectivity index (χ1n) is 11.3. The number of benzene rings is 1. The molecule has 1 saturated heterocycles. The number of likely N-dealkylation sites (tertiary alicyclic amines) is 1. The molecule has 1 aromatic heterocycles. The number of pyridine rings is 1. The Morgan fingerprint density at radius 1 is 1.19 bits per heavy atom. The molecule has 0 radical (unpaired) electrons. The molecule has 0 aliphatic carbocycles. The first-order valence-corrected chi connectivity index (χ1v) is 11.3. The summed E-state index contributed by atoms with van der Waals surface area (Å²) in [5, 5.41) is 3.11. The van der Waals surface area contributed by atoms with E-state index >= 15 is 0 Å². The smallest absolute Gasteiger partial charge is 0.318 e. The summed E-state index contributed by atoms with van der Waals surface area (Å²) in [6.45, 7) is 10.0. The lowest BCUT2D eigenvalue weighted by atomic mass is 10.0. The quantitative estimate of drug-likeness (QED) is 0.689. The van der Waals surface area contributed by atoms with Crippen LogP contribution < -0.4 is 10.1 Å². The van der Waals surface area contributed by atoms with E-state index in [1.165, 1.54) is 0 Å². The number of hydrogen-bond acceptors (Lipinski definition) is 4. The highest BCUT2D eigenvalue weighted by Crippen LogP contribution is 2.19. The molecule has 1 aliphatic heterocycles. The maximum atomic E-state index is 13.2. The Kier molecular flexibility index (Phi) is 8.29. The molecular formula is C25H36N4O2. The average Bonchev–Trinajstić information content (AvgIpc) is 2.77. The van der Waals surface area contributed by atoms with Crippen LogP contribution in [0.2, 0.25) is 0 Å². The highest BCUT2D eigenvalue weighted by Gasteiger charge is 2.27. The number of nitrogens with one attached hydrogen (secondary N) is 1. The van der Waals surface area contributed by atoms with Gasteiger partial charge in [-0.05, 0) is 75.1 Å². The predicted molar refractivity (Wildman–Crippen MR) is 124 cm³/mol. The summed E-state index contributed by atoms with van der Waals surface area (Å²) in [5.74, 6) is 1.36. The van der Waals surface area contributed by atoms with Crippen molar-refractivity contribution in [3.63, 3.8) is 0 Å². The van der Waals surface area contributed by atoms with Crippen molar-refractivity contribution in [2.24, 2.45) is 5.92 Å². The molecule has 0 atom stereocenters. The maximum Gasteiger partial charge on any atom is 0.318 e. The van der Waals surface area contributed by atoms with E-state index in [1.54, 1.807) is 0 Å². The molecule has 2 aromatic rings. The SMILES string of the molecule is Cc1ccc(CN(C(=O)NCc2ccc(OCC(C)C)cc2)C2CCN(C)CC2)nc1. The average molecular weight is 425 g/mol. The van der Waals surface area contributed by atoms with Crippen molar-refractivity contribution in [3.8, 4) is 5.75 Å². The van der Waals surface area contributed by atoms with E-state index in [1.807, 2.05) is 48.4 Å². The van der Waals surface area contributed by atoms with Crippen LogP contribution in [-0.4, -0.2) is 53.6 Å². The molecule has 2 heterocycles. The summed E-state index contributed by atoms with van der Waals surface area (Å²) >= 11 is 0. The summed E-state index contributed by atoms with van der Waals surface area (Å²) in [6.07, 6.45) is 3.83. The van der Waals surface area contributed by atoms with Gasteiger partial charge in [0.25, 0.3) is 0 Å². The van der Waals surface area contributed by atoms with E-state index in [9.17, 15) is 4.79 Å². The number of nitrogens with zero attached hydrogens (tertiary/aromatic N) is 3. The second-order valence-corrected chi connectivity index (χ2v) is 9.00. The fourth-order valence-corrected chi connectivity index (χ4v) is 3.69. The number of urea groups is 1. The summed E-state index contributed by atoms with van der Waals surface area (Å²) in [6, 6.07) is 12.2. The molecule has 0 spiro atoms. The maximum absolute atomic E-state index is 13.2. The van der Waals surface area contributed by atoms with Crippen LogP contribution in [0.5, 0.6) is 5.75 Å². The Hall–Kier alpha value is -2.60. The van der Waals surface area contributed by atoms with Gasteiger partial charge in [0.1, 0.15) is 5.75 Å². The molecule has 0 bridgehead atoms. The summed E-state index contributed by atoms with van der Waals surface area (Å²) in [5.41, 5.74) is 3.10. The third-order valence-corrected chi connectivity index (χ3v) is 5.65. The monoisotopic (exact) mass is 424 g/mol. The van der Waals surface area contributed by atoms with Gasteiger partial charge in [-0.2, -0.15) is 0 Å². The van der Waals surface area contributed by atoms with Crippen LogP contribution in [0.15, 0.2) is 42.6 Å². The highest BCUT2D eigenvalue weighted by molar-refractivity contribution is 5.74. The van der Waals surface area contributed by atoms with Gasteiger partial charge in [0.2, 0.25) is 0 Å². The number of piperidine rings is 1. The molecule has 6 nitrogen and oxygen atoms in total. The van der Waals surface area contributed by atoms with Gasteiger partial charge in [0, 0.05) is 18.8 Å². The minimum atomic E-state index is -0.0305. The highest BCUT2D eigenvalue weighted by atomic mass is 16.5. The molecule has 6 heteroatoms. The van der Waals surface area contributed by atoms with Crippen molar-refractivity contribution in [2.75, 3.05) is 26.7 Å². The Bertz CT molecular complexity index is 812. The van der Waals surface area contributed by atoms with Gasteiger partial charge in [-0.25, -0.2) is 4.79 Å². The van der Waals surface area contributed by atoms with Crippen LogP contribution in [0.25, 0.3) is 0 Å². The molecule has 1 N–H and O–H groups in total. The Balaban J connectivity index is 1.61. The van der Waals surface area contributed by atoms with E-state index < -0.39 is 0 Å². The van der Waals surface area contributed by atoms with E-state index in [4.69, 9.17) is 4.74 Å². The second-order valence-electron chi connectivity index (χ2n) is 9.00. The van der Waals surface area contributed by atoms with Gasteiger partial charge < -0.3 is 19.9 Å². The Morgan fingerprint density at radius 3 is 2.52 bits per heavy atom. The predicted octanol–water partition coefficient (Wildman–Crippen LogP) is 4.23. The Labute approximate surface area is 186 Å². The molecule has 0 unspecified atom stereocenters. The number of rotatable bonds is 8. The zero-order valence-electron chi connectivity index (χ0n) is 19.3. The molecule has 2 amide bonds. The van der Waals surface area contributed by atoms with Gasteiger partial charge in [-0.15, -0.1) is 0 Å². The van der Waals surface area contributed by atoms with Crippen molar-refractivity contribution in [1.82, 2.24) is 20.1 Å². The molecular weight excluding hydrogens is 388 g/mol. The van der Waals surface area contributed by atoms with E-state index in [0.717, 1.165) is 48.5 Å². The van der Waals surface area contributed by atoms with Crippen molar-refractivity contribution in [3.05, 3.63) is 59.4 Å². The minimum absolute atomic E-state index is 0.0305. The van der Waals surface area contributed by atoms with Gasteiger partial charge in [0.05, 0.1) is 18.8 Å². The molecule has 168 valence electrons. The Morgan fingerprint density at radius 2 is 1.90 bits per heavy atom. The molecule has 1 aliphatic rings. The van der Waals surface area contributed by atoms with Gasteiger partial charge in [-0.1, -0.05) is 32.0 Å². The zero-order valence-corrected chi connectivity index (χ0v) is 19.3. The van der Waals surface area contributed by atoms with Crippen LogP contribution in [0.4, 0.5) is 4.79 Å². The fourth-order valence-electron chi connectivity index (χ4n) is 3.69. The molecule has 1 fully saturated rings. The zero-order chi connectivity index (χ0) is 22.2. The van der Waals surface area contributed by atoms with Crippen LogP contribution in [0, 0.1) is 12.8 Å². The van der Waals surface area contributed by atoms with Gasteiger partial charge in [0.15, 0.2) is 0 Å². The van der Waals surface area contributed by atoms with Crippen molar-refractivity contribution >= 4 is 6.03 Å². The third kappa shape index (κ3) is 7.24. The summed E-state index contributed by atoms with van der Waals surface area (Å²) in [7, 11) is 2.14. The van der Waals surface area contributed by atoms with Crippen LogP contribution in [-0.2, 0) is 13.1 Å². The van der Waals surface area contributed by atoms with Crippen molar-refractivity contribution < 1.29 is 9.53 Å². The normalized spacial score (nSPS) is 15.1. The van der Waals surface area contributed by atoms with E-state index in [0.29, 0.717) is 25.6 Å². The minimum Gasteiger partial charge on any atom is -0.493 e. The van der Waals surface area contributed by atoms with Crippen molar-refractivity contribution in [2.45, 2.75) is 52.7 Å². The lowest BCUT2D eigenvalue weighted by Gasteiger charge is -2.37. The number of carbonyl (C=O) groups excluding carboxylic acids is 1. The van der Waals surface area contributed by atoms with Crippen LogP contribution in [0.1, 0.15) is 43.5 Å². The summed E-state index contributed by atoms with van der Waals surface area (Å²) < 4.78 is 5.74. The van der Waals surface area contributed by atoms with E-state index in [2.05, 4.69) is 42.2 Å². The lowest BCUT2D eigenvalue weighted by Crippen LogP contribution is -2.49. The molecule has 31 heavy (non-hydrogen) atoms. The number of carbonyl (C=O) groups is 1. The van der Waals surface area contributed by atoms with Gasteiger partial charge >= 0.3 is 6.03 Å². The fraction of sp³-hybridized carbons (Fsp3) is 0.520. The van der Waals surface area contributed by atoms with Crippen molar-refractivity contribution in [1.29, 1.82) is 0 Å². The lowest BCUT2D eigenvalue weighted by molar-refractivity contribution is 0.126. The number of hydrogen-bond donors (Lipinski definition) is 1. The number of ether oxygens (including phenoxy) is 1. The number of aromatic nitrogens is 1. The summed E-state index contributed by atoms with van der Waals surface area (Å²) in [4.78, 5) is 22.0. The largest absolute Gasteiger partial charge is 0.493 e. The first kappa shape index (κ1) is 23.1. The topological polar surface area (TPSA) is 57.7 Å². The van der Waals surface area contributed by atoms with Crippen LogP contribution in [0.3, 0.4) is 0 Å². The van der Waals surface area contributed by atoms with E-state index in [-0.39, 0.29) is 12.1 Å². The molecule has 0 saturated carbocycles. The standard InChI is InChI=1S/C25H36N4O2/c1-19(2)18-31-24-9-6-21(7-10-24)16-27-25(30)29(23-11-13-28(4)14-12-23)17-22-8-5-20(3)15-26-22/h5-10,15,19,23H,11-14,16-18H2,1-4H3,(H,27,30). The number of aryl methyl sites for hydroxylation is 1. The van der Waals surface area contributed by atoms with Crippen LogP contribution >= 0.6 is 0 Å². The first-order chi connectivity index (χ1) is 14.9. The molecule has 1 aromatic carbocycles. The third-order valence-electron chi connectivity index (χ3n) is 5.65. The second kappa shape index (κ2) is 11.1. The molecule has 3 rings (SSSR count).